The minimum atomic E-state index is -0.725. The summed E-state index contributed by atoms with van der Waals surface area (Å²) in [6, 6.07) is 18.7. The number of carbonyl (C=O) groups excluding carboxylic acids is 1. The first-order valence-electron chi connectivity index (χ1n) is 12.7. The minimum absolute atomic E-state index is 0.00599. The Balaban J connectivity index is 0.000000323. The molecule has 1 aliphatic heterocycles. The normalized spacial score (nSPS) is 13.8. The molecule has 0 fully saturated rings. The van der Waals surface area contributed by atoms with E-state index in [9.17, 15) is 9.90 Å². The first kappa shape index (κ1) is 25.6. The van der Waals surface area contributed by atoms with Crippen molar-refractivity contribution in [2.75, 3.05) is 18.9 Å². The van der Waals surface area contributed by atoms with E-state index < -0.39 is 11.7 Å². The monoisotopic (exact) mass is 511 g/mol. The molecule has 8 nitrogen and oxygen atoms in total. The maximum atomic E-state index is 10.0. The molecule has 8 heteroatoms. The molecule has 1 aromatic heterocycles. The molecule has 0 bridgehead atoms. The van der Waals surface area contributed by atoms with Crippen LogP contribution in [0.2, 0.25) is 0 Å². The molecule has 3 aromatic carbocycles. The Morgan fingerprint density at radius 3 is 2.53 bits per heavy atom. The first-order valence-corrected chi connectivity index (χ1v) is 12.7. The highest BCUT2D eigenvalue weighted by Gasteiger charge is 2.28. The molecule has 4 aromatic rings. The second kappa shape index (κ2) is 10.0. The fourth-order valence-electron chi connectivity index (χ4n) is 4.84. The number of amides is 1. The molecular weight excluding hydrogens is 478 g/mol. The number of likely N-dealkylation sites (N-methyl/N-ethyl adjacent to an activating group) is 1. The summed E-state index contributed by atoms with van der Waals surface area (Å²) in [5.41, 5.74) is 14.2. The molecule has 0 atom stereocenters. The molecule has 196 valence electrons. The van der Waals surface area contributed by atoms with Crippen LogP contribution in [0, 0.1) is 0 Å². The number of nitrogens with two attached hydrogens (primary N) is 1. The lowest BCUT2D eigenvalue weighted by atomic mass is 9.99. The zero-order valence-corrected chi connectivity index (χ0v) is 22.2. The molecule has 4 N–H and O–H groups in total. The van der Waals surface area contributed by atoms with Crippen LogP contribution in [0.3, 0.4) is 0 Å². The lowest BCUT2D eigenvalue weighted by Crippen LogP contribution is -2.27. The standard InChI is InChI=1S/C25H22N4O.C5H11NO2/c1-29-11-10-15-6-7-18(12-17(15)13-29)26-25-27-23-20(8-9-21-22(23)24(21)28-25)19-5-3-2-4-16(19)14-30;1-5(2,3)8-4(6)7/h2-9,12,30H,10-11,13-14H2,1H3,(H,26,27,28);1-3H3,(H2,6,7). The van der Waals surface area contributed by atoms with Gasteiger partial charge in [0.25, 0.3) is 0 Å². The summed E-state index contributed by atoms with van der Waals surface area (Å²) in [5.74, 6) is 0.616. The number of carbonyl (C=O) groups is 1. The number of benzene rings is 3. The number of primary amides is 1. The average Bonchev–Trinajstić information content (AvgIpc) is 3.57. The van der Waals surface area contributed by atoms with E-state index in [0.717, 1.165) is 58.5 Å². The van der Waals surface area contributed by atoms with Gasteiger partial charge in [-0.2, -0.15) is 0 Å². The van der Waals surface area contributed by atoms with Gasteiger partial charge >= 0.3 is 6.09 Å². The third kappa shape index (κ3) is 5.46. The number of fused-ring (bicyclic) bond motifs is 2. The Hall–Kier alpha value is -4.01. The minimum Gasteiger partial charge on any atom is -0.444 e. The molecule has 1 aliphatic carbocycles. The summed E-state index contributed by atoms with van der Waals surface area (Å²) >= 11 is 0. The maximum absolute atomic E-state index is 10.0. The largest absolute Gasteiger partial charge is 0.444 e. The van der Waals surface area contributed by atoms with Gasteiger partial charge < -0.3 is 25.8 Å². The van der Waals surface area contributed by atoms with Crippen LogP contribution in [0.25, 0.3) is 33.3 Å². The second-order valence-electron chi connectivity index (χ2n) is 10.7. The Morgan fingerprint density at radius 2 is 1.82 bits per heavy atom. The Kier molecular flexibility index (Phi) is 6.77. The number of aromatic nitrogens is 2. The maximum Gasteiger partial charge on any atom is 0.405 e. The molecule has 0 spiro atoms. The van der Waals surface area contributed by atoms with Gasteiger partial charge in [-0.15, -0.1) is 0 Å². The number of nitrogens with one attached hydrogen (secondary N) is 1. The van der Waals surface area contributed by atoms with Gasteiger partial charge in [-0.25, -0.2) is 14.8 Å². The molecule has 0 radical (unpaired) electrons. The molecular formula is C30H33N5O3. The zero-order valence-electron chi connectivity index (χ0n) is 22.2. The van der Waals surface area contributed by atoms with Crippen LogP contribution in [0.5, 0.6) is 0 Å². The van der Waals surface area contributed by atoms with Gasteiger partial charge in [-0.3, -0.25) is 0 Å². The summed E-state index contributed by atoms with van der Waals surface area (Å²) < 4.78 is 4.58. The molecule has 1 amide bonds. The molecule has 6 rings (SSSR count). The van der Waals surface area contributed by atoms with Crippen molar-refractivity contribution in [3.63, 3.8) is 0 Å². The van der Waals surface area contributed by atoms with E-state index in [1.54, 1.807) is 20.8 Å². The molecule has 2 aliphatic rings. The van der Waals surface area contributed by atoms with Crippen molar-refractivity contribution in [1.29, 1.82) is 0 Å². The summed E-state index contributed by atoms with van der Waals surface area (Å²) in [6.45, 7) is 7.37. The van der Waals surface area contributed by atoms with Crippen LogP contribution in [0.1, 0.15) is 37.5 Å². The summed E-state index contributed by atoms with van der Waals surface area (Å²) in [4.78, 5) is 22.0. The highest BCUT2D eigenvalue weighted by atomic mass is 16.6. The third-order valence-electron chi connectivity index (χ3n) is 6.59. The highest BCUT2D eigenvalue weighted by molar-refractivity contribution is 6.21. The number of hydrogen-bond donors (Lipinski definition) is 3. The van der Waals surface area contributed by atoms with Crippen molar-refractivity contribution in [3.05, 3.63) is 71.3 Å². The molecule has 0 saturated carbocycles. The van der Waals surface area contributed by atoms with Crippen molar-refractivity contribution in [3.8, 4) is 22.4 Å². The number of nitrogens with zero attached hydrogens (tertiary/aromatic N) is 3. The fraction of sp³-hybridized carbons (Fsp3) is 0.300. The molecule has 0 unspecified atom stereocenters. The first-order chi connectivity index (χ1) is 18.1. The van der Waals surface area contributed by atoms with Crippen molar-refractivity contribution in [2.45, 2.75) is 45.9 Å². The van der Waals surface area contributed by atoms with E-state index in [1.807, 2.05) is 24.3 Å². The number of anilines is 2. The van der Waals surface area contributed by atoms with Crippen LogP contribution in [-0.2, 0) is 24.3 Å². The molecule has 0 saturated heterocycles. The lowest BCUT2D eigenvalue weighted by Gasteiger charge is -2.25. The van der Waals surface area contributed by atoms with Crippen LogP contribution in [0.4, 0.5) is 16.4 Å². The van der Waals surface area contributed by atoms with Crippen LogP contribution in [-0.4, -0.2) is 45.3 Å². The number of ether oxygens (including phenoxy) is 1. The lowest BCUT2D eigenvalue weighted by molar-refractivity contribution is 0.0600. The van der Waals surface area contributed by atoms with Crippen molar-refractivity contribution < 1.29 is 14.6 Å². The van der Waals surface area contributed by atoms with E-state index in [1.165, 1.54) is 16.7 Å². The predicted octanol–water partition coefficient (Wildman–Crippen LogP) is 5.38. The summed E-state index contributed by atoms with van der Waals surface area (Å²) in [7, 11) is 2.16. The quantitative estimate of drug-likeness (QED) is 0.297. The van der Waals surface area contributed by atoms with Crippen molar-refractivity contribution in [2.24, 2.45) is 5.73 Å². The predicted molar refractivity (Wildman–Crippen MR) is 150 cm³/mol. The average molecular weight is 512 g/mol. The van der Waals surface area contributed by atoms with Gasteiger partial charge in [0, 0.05) is 35.3 Å². The van der Waals surface area contributed by atoms with Crippen molar-refractivity contribution in [1.82, 2.24) is 14.9 Å². The molecule has 2 heterocycles. The van der Waals surface area contributed by atoms with Gasteiger partial charge in [0.15, 0.2) is 0 Å². The van der Waals surface area contributed by atoms with Crippen molar-refractivity contribution >= 4 is 28.6 Å². The highest BCUT2D eigenvalue weighted by Crippen LogP contribution is 2.48. The number of rotatable bonds is 4. The summed E-state index contributed by atoms with van der Waals surface area (Å²) in [6.07, 6.45) is 0.371. The Bertz CT molecular complexity index is 1530. The van der Waals surface area contributed by atoms with E-state index in [4.69, 9.17) is 15.7 Å². The smallest absolute Gasteiger partial charge is 0.405 e. The van der Waals surface area contributed by atoms with Gasteiger partial charge in [-0.05, 0) is 68.6 Å². The Labute approximate surface area is 222 Å². The number of aliphatic hydroxyl groups excluding tert-OH is 1. The van der Waals surface area contributed by atoms with E-state index in [2.05, 4.69) is 52.3 Å². The fourth-order valence-corrected chi connectivity index (χ4v) is 4.84. The SMILES string of the molecule is CC(C)(C)OC(N)=O.CN1CCc2ccc(Nc3nc4c5c-4ccc(-c4ccccc4CO)c5n3)cc2C1. The van der Waals surface area contributed by atoms with Crippen LogP contribution >= 0.6 is 0 Å². The zero-order chi connectivity index (χ0) is 27.0. The second-order valence-corrected chi connectivity index (χ2v) is 10.7. The van der Waals surface area contributed by atoms with E-state index >= 15 is 0 Å². The van der Waals surface area contributed by atoms with Gasteiger partial charge in [-0.1, -0.05) is 42.5 Å². The van der Waals surface area contributed by atoms with Gasteiger partial charge in [0.05, 0.1) is 17.8 Å². The molecule has 38 heavy (non-hydrogen) atoms. The Morgan fingerprint density at radius 1 is 1.05 bits per heavy atom. The van der Waals surface area contributed by atoms with E-state index in [0.29, 0.717) is 5.95 Å². The number of aliphatic hydroxyl groups is 1. The number of hydrogen-bond acceptors (Lipinski definition) is 7. The van der Waals surface area contributed by atoms with Crippen LogP contribution < -0.4 is 11.1 Å². The van der Waals surface area contributed by atoms with E-state index in [-0.39, 0.29) is 6.61 Å². The topological polar surface area (TPSA) is 114 Å². The van der Waals surface area contributed by atoms with Crippen LogP contribution in [0.15, 0.2) is 54.6 Å². The van der Waals surface area contributed by atoms with Gasteiger partial charge in [0.2, 0.25) is 5.95 Å². The van der Waals surface area contributed by atoms with Gasteiger partial charge in [0.1, 0.15) is 5.60 Å². The summed E-state index contributed by atoms with van der Waals surface area (Å²) in [5, 5.41) is 14.3. The third-order valence-corrected chi connectivity index (χ3v) is 6.59.